The molecule has 0 aliphatic rings. The molecule has 1 rings (SSSR count). The lowest BCUT2D eigenvalue weighted by molar-refractivity contribution is -0.145. The normalized spacial score (nSPS) is 10.9. The number of halogens is 1. The first-order valence-corrected chi connectivity index (χ1v) is 8.17. The smallest absolute Gasteiger partial charge is 0.344 e. The van der Waals surface area contributed by atoms with Gasteiger partial charge in [-0.05, 0) is 45.0 Å². The molecule has 1 amide bonds. The van der Waals surface area contributed by atoms with Gasteiger partial charge in [0.25, 0.3) is 5.91 Å². The maximum Gasteiger partial charge on any atom is 0.344 e. The minimum Gasteiger partial charge on any atom is -0.481 e. The van der Waals surface area contributed by atoms with Crippen molar-refractivity contribution in [2.24, 2.45) is 0 Å². The summed E-state index contributed by atoms with van der Waals surface area (Å²) < 4.78 is 11.0. The van der Waals surface area contributed by atoms with Gasteiger partial charge in [-0.1, -0.05) is 15.9 Å². The molecule has 0 bridgehead atoms. The third-order valence-electron chi connectivity index (χ3n) is 2.71. The number of nitrogens with one attached hydrogen (secondary N) is 1. The second-order valence-electron chi connectivity index (χ2n) is 5.07. The van der Waals surface area contributed by atoms with Crippen LogP contribution in [0.2, 0.25) is 0 Å². The number of amides is 1. The fourth-order valence-electron chi connectivity index (χ4n) is 1.75. The Morgan fingerprint density at radius 1 is 1.42 bits per heavy atom. The van der Waals surface area contributed by atoms with Gasteiger partial charge in [-0.2, -0.15) is 5.26 Å². The fourth-order valence-corrected chi connectivity index (χ4v) is 2.13. The van der Waals surface area contributed by atoms with E-state index in [1.807, 2.05) is 6.07 Å². The van der Waals surface area contributed by atoms with Crippen LogP contribution in [0.1, 0.15) is 26.3 Å². The predicted molar refractivity (Wildman–Crippen MR) is 93.1 cm³/mol. The molecule has 1 aromatic rings. The molecule has 1 aromatic carbocycles. The molecule has 0 heterocycles. The van der Waals surface area contributed by atoms with Gasteiger partial charge in [0.15, 0.2) is 6.61 Å². The minimum atomic E-state index is -0.492. The minimum absolute atomic E-state index is 0.0530. The Morgan fingerprint density at radius 3 is 2.71 bits per heavy atom. The van der Waals surface area contributed by atoms with Gasteiger partial charge in [0, 0.05) is 16.1 Å². The molecule has 0 radical (unpaired) electrons. The SMILES string of the molecule is CCOC(=O)COc1ccc(Br)cc1/C=C(/C#N)C(=O)NC(C)C. The Morgan fingerprint density at radius 2 is 2.12 bits per heavy atom. The van der Waals surface area contributed by atoms with Crippen molar-refractivity contribution < 1.29 is 19.1 Å². The molecule has 0 saturated carbocycles. The molecular weight excluding hydrogens is 376 g/mol. The summed E-state index contributed by atoms with van der Waals surface area (Å²) in [6.45, 7) is 5.33. The summed E-state index contributed by atoms with van der Waals surface area (Å²) >= 11 is 3.33. The number of nitriles is 1. The third kappa shape index (κ3) is 6.42. The first-order chi connectivity index (χ1) is 11.4. The van der Waals surface area contributed by atoms with E-state index >= 15 is 0 Å². The number of nitrogens with zero attached hydrogens (tertiary/aromatic N) is 1. The van der Waals surface area contributed by atoms with Crippen LogP contribution in [0.4, 0.5) is 0 Å². The van der Waals surface area contributed by atoms with Crippen LogP contribution in [0, 0.1) is 11.3 Å². The number of hydrogen-bond acceptors (Lipinski definition) is 5. The second kappa shape index (κ2) is 9.73. The van der Waals surface area contributed by atoms with Gasteiger partial charge in [0.2, 0.25) is 0 Å². The van der Waals surface area contributed by atoms with Crippen molar-refractivity contribution in [1.29, 1.82) is 5.26 Å². The number of hydrogen-bond donors (Lipinski definition) is 1. The molecule has 1 N–H and O–H groups in total. The van der Waals surface area contributed by atoms with Crippen molar-refractivity contribution >= 4 is 33.9 Å². The zero-order valence-electron chi connectivity index (χ0n) is 13.8. The van der Waals surface area contributed by atoms with Crippen molar-refractivity contribution in [2.45, 2.75) is 26.8 Å². The highest BCUT2D eigenvalue weighted by Gasteiger charge is 2.13. The van der Waals surface area contributed by atoms with E-state index in [-0.39, 0.29) is 24.8 Å². The Balaban J connectivity index is 3.06. The van der Waals surface area contributed by atoms with Crippen LogP contribution in [0.3, 0.4) is 0 Å². The quantitative estimate of drug-likeness (QED) is 0.436. The van der Waals surface area contributed by atoms with Gasteiger partial charge >= 0.3 is 5.97 Å². The number of benzene rings is 1. The molecule has 0 aliphatic carbocycles. The highest BCUT2D eigenvalue weighted by Crippen LogP contribution is 2.25. The Labute approximate surface area is 149 Å². The summed E-state index contributed by atoms with van der Waals surface area (Å²) in [5.41, 5.74) is 0.451. The molecule has 0 spiro atoms. The zero-order chi connectivity index (χ0) is 18.1. The molecule has 7 heteroatoms. The highest BCUT2D eigenvalue weighted by molar-refractivity contribution is 9.10. The molecule has 0 saturated heterocycles. The van der Waals surface area contributed by atoms with Crippen LogP contribution in [0.25, 0.3) is 6.08 Å². The van der Waals surface area contributed by atoms with Crippen molar-refractivity contribution in [3.8, 4) is 11.8 Å². The average Bonchev–Trinajstić information content (AvgIpc) is 2.51. The van der Waals surface area contributed by atoms with E-state index in [9.17, 15) is 14.9 Å². The average molecular weight is 395 g/mol. The summed E-state index contributed by atoms with van der Waals surface area (Å²) in [4.78, 5) is 23.4. The van der Waals surface area contributed by atoms with Crippen molar-refractivity contribution in [3.05, 3.63) is 33.8 Å². The Bertz CT molecular complexity index is 678. The van der Waals surface area contributed by atoms with E-state index in [1.165, 1.54) is 6.08 Å². The maximum atomic E-state index is 12.0. The molecule has 128 valence electrons. The number of carbonyl (C=O) groups excluding carboxylic acids is 2. The molecule has 0 atom stereocenters. The maximum absolute atomic E-state index is 12.0. The standard InChI is InChI=1S/C17H19BrN2O4/c1-4-23-16(21)10-24-15-6-5-14(18)8-12(15)7-13(9-19)17(22)20-11(2)3/h5-8,11H,4,10H2,1-3H3,(H,20,22)/b13-7-. The van der Waals surface area contributed by atoms with Crippen LogP contribution in [0.5, 0.6) is 5.75 Å². The van der Waals surface area contributed by atoms with Crippen LogP contribution < -0.4 is 10.1 Å². The summed E-state index contributed by atoms with van der Waals surface area (Å²) in [7, 11) is 0. The van der Waals surface area contributed by atoms with Crippen LogP contribution in [0.15, 0.2) is 28.2 Å². The van der Waals surface area contributed by atoms with Crippen LogP contribution in [-0.4, -0.2) is 31.1 Å². The molecule has 0 unspecified atom stereocenters. The topological polar surface area (TPSA) is 88.4 Å². The second-order valence-corrected chi connectivity index (χ2v) is 5.99. The van der Waals surface area contributed by atoms with E-state index < -0.39 is 11.9 Å². The monoisotopic (exact) mass is 394 g/mol. The number of rotatable bonds is 7. The summed E-state index contributed by atoms with van der Waals surface area (Å²) in [5, 5.41) is 11.9. The van der Waals surface area contributed by atoms with Crippen LogP contribution >= 0.6 is 15.9 Å². The largest absolute Gasteiger partial charge is 0.481 e. The lowest BCUT2D eigenvalue weighted by atomic mass is 10.1. The van der Waals surface area contributed by atoms with Crippen molar-refractivity contribution in [2.75, 3.05) is 13.2 Å². The van der Waals surface area contributed by atoms with Gasteiger partial charge in [0.05, 0.1) is 6.61 Å². The summed E-state index contributed by atoms with van der Waals surface area (Å²) in [6.07, 6.45) is 1.42. The first kappa shape index (κ1) is 19.7. The van der Waals surface area contributed by atoms with E-state index in [2.05, 4.69) is 21.2 Å². The van der Waals surface area contributed by atoms with E-state index in [1.54, 1.807) is 39.0 Å². The molecule has 0 aliphatic heterocycles. The van der Waals surface area contributed by atoms with Gasteiger partial charge in [-0.3, -0.25) is 4.79 Å². The lowest BCUT2D eigenvalue weighted by Crippen LogP contribution is -2.30. The number of ether oxygens (including phenoxy) is 2. The van der Waals surface area contributed by atoms with Crippen molar-refractivity contribution in [3.63, 3.8) is 0 Å². The van der Waals surface area contributed by atoms with E-state index in [0.717, 1.165) is 4.47 Å². The first-order valence-electron chi connectivity index (χ1n) is 7.38. The summed E-state index contributed by atoms with van der Waals surface area (Å²) in [5.74, 6) is -0.589. The van der Waals surface area contributed by atoms with Crippen molar-refractivity contribution in [1.82, 2.24) is 5.32 Å². The van der Waals surface area contributed by atoms with E-state index in [0.29, 0.717) is 11.3 Å². The van der Waals surface area contributed by atoms with E-state index in [4.69, 9.17) is 9.47 Å². The molecule has 0 fully saturated rings. The number of carbonyl (C=O) groups is 2. The zero-order valence-corrected chi connectivity index (χ0v) is 15.3. The molecule has 0 aromatic heterocycles. The van der Waals surface area contributed by atoms with Crippen LogP contribution in [-0.2, 0) is 14.3 Å². The number of esters is 1. The lowest BCUT2D eigenvalue weighted by Gasteiger charge is -2.11. The molecule has 6 nitrogen and oxygen atoms in total. The Hall–Kier alpha value is -2.33. The molecular formula is C17H19BrN2O4. The third-order valence-corrected chi connectivity index (χ3v) is 3.20. The fraction of sp³-hybridized carbons (Fsp3) is 0.353. The summed E-state index contributed by atoms with van der Waals surface area (Å²) in [6, 6.07) is 6.86. The van der Waals surface area contributed by atoms with Gasteiger partial charge in [-0.15, -0.1) is 0 Å². The predicted octanol–water partition coefficient (Wildman–Crippen LogP) is 2.82. The molecule has 24 heavy (non-hydrogen) atoms. The van der Waals surface area contributed by atoms with Gasteiger partial charge < -0.3 is 14.8 Å². The van der Waals surface area contributed by atoms with Gasteiger partial charge in [-0.25, -0.2) is 4.79 Å². The Kier molecular flexibility index (Phi) is 7.99. The highest BCUT2D eigenvalue weighted by atomic mass is 79.9. The van der Waals surface area contributed by atoms with Gasteiger partial charge in [0.1, 0.15) is 17.4 Å².